The number of hydrogen-bond acceptors (Lipinski definition) is 6. The van der Waals surface area contributed by atoms with E-state index in [1.165, 1.54) is 23.4 Å². The quantitative estimate of drug-likeness (QED) is 0.375. The molecule has 0 atom stereocenters. The Kier molecular flexibility index (Phi) is 7.20. The Labute approximate surface area is 227 Å². The van der Waals surface area contributed by atoms with Gasteiger partial charge in [0.1, 0.15) is 23.5 Å². The van der Waals surface area contributed by atoms with Crippen molar-refractivity contribution in [2.45, 2.75) is 6.36 Å². The van der Waals surface area contributed by atoms with Gasteiger partial charge in [-0.2, -0.15) is 0 Å². The number of carbonyl (C=O) groups excluding carboxylic acids is 2. The van der Waals surface area contributed by atoms with E-state index >= 15 is 0 Å². The average molecular weight is 554 g/mol. The first-order valence-corrected chi connectivity index (χ1v) is 12.4. The van der Waals surface area contributed by atoms with Crippen molar-refractivity contribution in [3.05, 3.63) is 66.5 Å². The number of anilines is 2. The number of piperazine rings is 1. The van der Waals surface area contributed by atoms with Gasteiger partial charge in [0, 0.05) is 57.2 Å². The van der Waals surface area contributed by atoms with E-state index in [2.05, 4.69) is 29.9 Å². The summed E-state index contributed by atoms with van der Waals surface area (Å²) in [5, 5.41) is 3.52. The molecule has 2 aromatic heterocycles. The minimum Gasteiger partial charge on any atom is -0.406 e. The van der Waals surface area contributed by atoms with Crippen LogP contribution in [0.4, 0.5) is 29.5 Å². The molecule has 0 saturated carbocycles. The highest BCUT2D eigenvalue weighted by molar-refractivity contribution is 5.96. The summed E-state index contributed by atoms with van der Waals surface area (Å²) in [5.74, 6) is 0.277. The van der Waals surface area contributed by atoms with Gasteiger partial charge in [0.15, 0.2) is 0 Å². The Morgan fingerprint density at radius 1 is 1.00 bits per heavy atom. The van der Waals surface area contributed by atoms with E-state index in [0.717, 1.165) is 34.6 Å². The molecule has 0 spiro atoms. The smallest absolute Gasteiger partial charge is 0.406 e. The fourth-order valence-corrected chi connectivity index (χ4v) is 4.48. The Hall–Kier alpha value is -4.81. The number of fused-ring (bicyclic) bond motifs is 1. The SMILES string of the molecule is CN(C)C(=O)c1cccc(-c2cc3c(N4CCN(C(=O)Nc5ccc(OC(F)(F)F)cc5)CC4)ncnc3[nH]2)c1. The Balaban J connectivity index is 1.25. The zero-order chi connectivity index (χ0) is 28.4. The van der Waals surface area contributed by atoms with Crippen molar-refractivity contribution in [2.24, 2.45) is 0 Å². The fourth-order valence-electron chi connectivity index (χ4n) is 4.48. The molecule has 1 aliphatic rings. The van der Waals surface area contributed by atoms with Gasteiger partial charge in [-0.15, -0.1) is 13.2 Å². The maximum absolute atomic E-state index is 12.7. The number of nitrogens with zero attached hydrogens (tertiary/aromatic N) is 5. The molecular formula is C27H26F3N7O3. The third kappa shape index (κ3) is 5.92. The van der Waals surface area contributed by atoms with Crippen LogP contribution in [-0.2, 0) is 0 Å². The van der Waals surface area contributed by atoms with Crippen molar-refractivity contribution in [1.82, 2.24) is 24.8 Å². The third-order valence-electron chi connectivity index (χ3n) is 6.44. The largest absolute Gasteiger partial charge is 0.573 e. The van der Waals surface area contributed by atoms with Crippen molar-refractivity contribution in [2.75, 3.05) is 50.5 Å². The molecule has 1 fully saturated rings. The summed E-state index contributed by atoms with van der Waals surface area (Å²) in [6, 6.07) is 13.9. The molecule has 13 heteroatoms. The molecule has 0 aliphatic carbocycles. The number of carbonyl (C=O) groups is 2. The number of benzene rings is 2. The zero-order valence-corrected chi connectivity index (χ0v) is 21.7. The number of H-pyrrole nitrogens is 1. The number of aromatic nitrogens is 3. The first-order chi connectivity index (χ1) is 19.1. The topological polar surface area (TPSA) is 107 Å². The van der Waals surface area contributed by atoms with E-state index in [0.29, 0.717) is 43.1 Å². The van der Waals surface area contributed by atoms with Crippen LogP contribution in [0.5, 0.6) is 5.75 Å². The lowest BCUT2D eigenvalue weighted by Gasteiger charge is -2.35. The molecule has 10 nitrogen and oxygen atoms in total. The van der Waals surface area contributed by atoms with Gasteiger partial charge in [-0.3, -0.25) is 4.79 Å². The van der Waals surface area contributed by atoms with Crippen molar-refractivity contribution >= 4 is 34.5 Å². The van der Waals surface area contributed by atoms with Gasteiger partial charge in [-0.1, -0.05) is 12.1 Å². The molecule has 1 saturated heterocycles. The van der Waals surface area contributed by atoms with Crippen LogP contribution in [0.3, 0.4) is 0 Å². The highest BCUT2D eigenvalue weighted by atomic mass is 19.4. The van der Waals surface area contributed by atoms with Crippen molar-refractivity contribution in [3.63, 3.8) is 0 Å². The molecule has 3 heterocycles. The Morgan fingerprint density at radius 3 is 2.40 bits per heavy atom. The lowest BCUT2D eigenvalue weighted by atomic mass is 10.1. The second kappa shape index (κ2) is 10.8. The van der Waals surface area contributed by atoms with E-state index in [-0.39, 0.29) is 17.7 Å². The van der Waals surface area contributed by atoms with Gasteiger partial charge < -0.3 is 29.7 Å². The lowest BCUT2D eigenvalue weighted by Crippen LogP contribution is -2.50. The number of rotatable bonds is 5. The molecule has 0 bridgehead atoms. The summed E-state index contributed by atoms with van der Waals surface area (Å²) in [7, 11) is 3.41. The number of halogens is 3. The van der Waals surface area contributed by atoms with E-state index < -0.39 is 6.36 Å². The summed E-state index contributed by atoms with van der Waals surface area (Å²) >= 11 is 0. The second-order valence-electron chi connectivity index (χ2n) is 9.40. The van der Waals surface area contributed by atoms with Gasteiger partial charge in [0.25, 0.3) is 5.91 Å². The number of aromatic amines is 1. The first-order valence-electron chi connectivity index (χ1n) is 12.4. The predicted molar refractivity (Wildman–Crippen MR) is 143 cm³/mol. The summed E-state index contributed by atoms with van der Waals surface area (Å²) in [5.41, 5.74) is 3.23. The molecule has 5 rings (SSSR count). The summed E-state index contributed by atoms with van der Waals surface area (Å²) in [6.07, 6.45) is -3.30. The molecule has 1 aliphatic heterocycles. The third-order valence-corrected chi connectivity index (χ3v) is 6.44. The first kappa shape index (κ1) is 26.8. The van der Waals surface area contributed by atoms with Crippen molar-refractivity contribution < 1.29 is 27.5 Å². The number of amides is 3. The number of nitrogens with one attached hydrogen (secondary N) is 2. The Bertz CT molecular complexity index is 1530. The van der Waals surface area contributed by atoms with E-state index in [1.54, 1.807) is 25.1 Å². The van der Waals surface area contributed by atoms with Crippen LogP contribution >= 0.6 is 0 Å². The monoisotopic (exact) mass is 553 g/mol. The van der Waals surface area contributed by atoms with Crippen molar-refractivity contribution in [1.29, 1.82) is 0 Å². The summed E-state index contributed by atoms with van der Waals surface area (Å²) < 4.78 is 40.9. The predicted octanol–water partition coefficient (Wildman–Crippen LogP) is 4.58. The number of ether oxygens (including phenoxy) is 1. The second-order valence-corrected chi connectivity index (χ2v) is 9.40. The van der Waals surface area contributed by atoms with Gasteiger partial charge in [-0.05, 0) is 48.0 Å². The normalized spacial score (nSPS) is 13.8. The van der Waals surface area contributed by atoms with Crippen LogP contribution in [0.2, 0.25) is 0 Å². The maximum atomic E-state index is 12.7. The van der Waals surface area contributed by atoms with Crippen molar-refractivity contribution in [3.8, 4) is 17.0 Å². The van der Waals surface area contributed by atoms with Gasteiger partial charge in [0.2, 0.25) is 0 Å². The van der Waals surface area contributed by atoms with Crippen LogP contribution in [0, 0.1) is 0 Å². The summed E-state index contributed by atoms with van der Waals surface area (Å²) in [6.45, 7) is 1.87. The molecular weight excluding hydrogens is 527 g/mol. The lowest BCUT2D eigenvalue weighted by molar-refractivity contribution is -0.274. The van der Waals surface area contributed by atoms with Gasteiger partial charge >= 0.3 is 12.4 Å². The molecule has 2 N–H and O–H groups in total. The van der Waals surface area contributed by atoms with E-state index in [4.69, 9.17) is 0 Å². The molecule has 3 amide bonds. The van der Waals surface area contributed by atoms with Crippen LogP contribution in [0.25, 0.3) is 22.3 Å². The standard InChI is InChI=1S/C27H26F3N7O3/c1-35(2)25(38)18-5-3-4-17(14-18)22-15-21-23(34-22)31-16-32-24(21)36-10-12-37(13-11-36)26(39)33-19-6-8-20(9-7-19)40-27(28,29)30/h3-9,14-16H,10-13H2,1-2H3,(H,33,39)(H,31,32,34). The van der Waals surface area contributed by atoms with E-state index in [1.807, 2.05) is 24.3 Å². The molecule has 2 aromatic carbocycles. The fraction of sp³-hybridized carbons (Fsp3) is 0.259. The molecule has 208 valence electrons. The minimum absolute atomic E-state index is 0.0900. The molecule has 0 unspecified atom stereocenters. The Morgan fingerprint density at radius 2 is 1.73 bits per heavy atom. The number of alkyl halides is 3. The van der Waals surface area contributed by atoms with Crippen LogP contribution in [0.15, 0.2) is 60.9 Å². The number of hydrogen-bond donors (Lipinski definition) is 2. The molecule has 0 radical (unpaired) electrons. The minimum atomic E-state index is -4.78. The molecule has 4 aromatic rings. The van der Waals surface area contributed by atoms with Crippen LogP contribution < -0.4 is 15.0 Å². The molecule has 40 heavy (non-hydrogen) atoms. The highest BCUT2D eigenvalue weighted by Crippen LogP contribution is 2.30. The van der Waals surface area contributed by atoms with Gasteiger partial charge in [0.05, 0.1) is 5.39 Å². The van der Waals surface area contributed by atoms with Gasteiger partial charge in [-0.25, -0.2) is 14.8 Å². The highest BCUT2D eigenvalue weighted by Gasteiger charge is 2.31. The van der Waals surface area contributed by atoms with E-state index in [9.17, 15) is 22.8 Å². The average Bonchev–Trinajstić information content (AvgIpc) is 3.38. The van der Waals surface area contributed by atoms with Crippen LogP contribution in [0.1, 0.15) is 10.4 Å². The van der Waals surface area contributed by atoms with Crippen LogP contribution in [-0.4, -0.2) is 83.3 Å². The number of urea groups is 1. The summed E-state index contributed by atoms with van der Waals surface area (Å²) in [4.78, 5) is 42.6. The zero-order valence-electron chi connectivity index (χ0n) is 21.7. The maximum Gasteiger partial charge on any atom is 0.573 e.